The van der Waals surface area contributed by atoms with E-state index in [1.54, 1.807) is 0 Å². The molecular weight excluding hydrogens is 294 g/mol. The molecule has 0 saturated heterocycles. The lowest BCUT2D eigenvalue weighted by Gasteiger charge is -2.07. The van der Waals surface area contributed by atoms with Crippen LogP contribution in [-0.2, 0) is 23.2 Å². The molecule has 0 radical (unpaired) electrons. The summed E-state index contributed by atoms with van der Waals surface area (Å²) in [5.41, 5.74) is -2.73. The van der Waals surface area contributed by atoms with Crippen LogP contribution in [-0.4, -0.2) is 32.5 Å². The Balaban J connectivity index is 2.85. The maximum atomic E-state index is 11.9. The summed E-state index contributed by atoms with van der Waals surface area (Å²) in [6, 6.07) is 0. The van der Waals surface area contributed by atoms with E-state index in [9.17, 15) is 24.0 Å². The van der Waals surface area contributed by atoms with E-state index in [0.29, 0.717) is 35.1 Å². The molecule has 0 atom stereocenters. The fourth-order valence-electron chi connectivity index (χ4n) is 1.86. The molecule has 22 heavy (non-hydrogen) atoms. The van der Waals surface area contributed by atoms with E-state index in [1.165, 1.54) is 13.1 Å². The zero-order valence-corrected chi connectivity index (χ0v) is 12.0. The standard InChI is InChI=1S/C12H15N5O5/c1-15-10(20)16(7-5-3-2-4-6-13-8-18)12(22)17(11(15)21)14-9-19/h2-7H2,1H3. The normalized spacial score (nSPS) is 9.86. The van der Waals surface area contributed by atoms with Gasteiger partial charge in [-0.15, -0.1) is 4.68 Å². The number of aliphatic imine (C=N–C) groups is 1. The van der Waals surface area contributed by atoms with Crippen LogP contribution < -0.4 is 17.1 Å². The Morgan fingerprint density at radius 2 is 1.59 bits per heavy atom. The highest BCUT2D eigenvalue weighted by Gasteiger charge is 2.12. The van der Waals surface area contributed by atoms with Crippen molar-refractivity contribution in [2.75, 3.05) is 6.54 Å². The number of hydrogen-bond acceptors (Lipinski definition) is 7. The molecule has 1 heterocycles. The Kier molecular flexibility index (Phi) is 6.62. The third-order valence-electron chi connectivity index (χ3n) is 3.01. The van der Waals surface area contributed by atoms with Crippen LogP contribution in [0.15, 0.2) is 24.5 Å². The maximum absolute atomic E-state index is 11.9. The van der Waals surface area contributed by atoms with Gasteiger partial charge in [-0.25, -0.2) is 38.1 Å². The van der Waals surface area contributed by atoms with Gasteiger partial charge in [-0.3, -0.25) is 0 Å². The van der Waals surface area contributed by atoms with E-state index < -0.39 is 17.1 Å². The third-order valence-corrected chi connectivity index (χ3v) is 3.01. The molecular formula is C12H15N5O5. The van der Waals surface area contributed by atoms with Gasteiger partial charge in [0.05, 0.1) is 6.54 Å². The predicted octanol–water partition coefficient (Wildman–Crippen LogP) is -1.30. The summed E-state index contributed by atoms with van der Waals surface area (Å²) >= 11 is 0. The fourth-order valence-corrected chi connectivity index (χ4v) is 1.86. The quantitative estimate of drug-likeness (QED) is 0.335. The summed E-state index contributed by atoms with van der Waals surface area (Å²) in [5.74, 6) is 0. The average molecular weight is 309 g/mol. The van der Waals surface area contributed by atoms with E-state index in [4.69, 9.17) is 0 Å². The van der Waals surface area contributed by atoms with Crippen molar-refractivity contribution in [3.8, 4) is 0 Å². The van der Waals surface area contributed by atoms with Gasteiger partial charge in [0.2, 0.25) is 6.08 Å². The smallest absolute Gasteiger partial charge is 0.247 e. The van der Waals surface area contributed by atoms with Gasteiger partial charge in [0.1, 0.15) is 0 Å². The largest absolute Gasteiger partial charge is 0.358 e. The van der Waals surface area contributed by atoms with Crippen LogP contribution in [0.3, 0.4) is 0 Å². The molecule has 1 aromatic heterocycles. The summed E-state index contributed by atoms with van der Waals surface area (Å²) < 4.78 is 1.83. The molecule has 0 unspecified atom stereocenters. The molecule has 0 fully saturated rings. The highest BCUT2D eigenvalue weighted by molar-refractivity contribution is 5.32. The van der Waals surface area contributed by atoms with E-state index in [1.807, 2.05) is 0 Å². The number of rotatable bonds is 8. The van der Waals surface area contributed by atoms with Gasteiger partial charge in [0.25, 0.3) is 6.08 Å². The molecule has 10 heteroatoms. The first-order valence-electron chi connectivity index (χ1n) is 6.59. The minimum atomic E-state index is -0.999. The summed E-state index contributed by atoms with van der Waals surface area (Å²) in [4.78, 5) is 59.0. The van der Waals surface area contributed by atoms with Crippen LogP contribution in [0, 0.1) is 0 Å². The average Bonchev–Trinajstić information content (AvgIpc) is 2.51. The highest BCUT2D eigenvalue weighted by Crippen LogP contribution is 2.00. The molecule has 0 amide bonds. The van der Waals surface area contributed by atoms with Gasteiger partial charge < -0.3 is 0 Å². The van der Waals surface area contributed by atoms with Crippen LogP contribution in [0.1, 0.15) is 25.7 Å². The first kappa shape index (κ1) is 17.2. The van der Waals surface area contributed by atoms with Crippen molar-refractivity contribution in [1.29, 1.82) is 0 Å². The fraction of sp³-hybridized carbons (Fsp3) is 0.583. The molecule has 0 spiro atoms. The van der Waals surface area contributed by atoms with Crippen molar-refractivity contribution in [3.05, 3.63) is 31.5 Å². The van der Waals surface area contributed by atoms with Gasteiger partial charge in [0, 0.05) is 13.6 Å². The predicted molar refractivity (Wildman–Crippen MR) is 75.2 cm³/mol. The maximum Gasteiger partial charge on any atom is 0.358 e. The first-order valence-corrected chi connectivity index (χ1v) is 6.59. The number of unbranched alkanes of at least 4 members (excludes halogenated alkanes) is 3. The lowest BCUT2D eigenvalue weighted by atomic mass is 10.2. The Hall–Kier alpha value is -2.83. The number of hydrogen-bond donors (Lipinski definition) is 0. The minimum Gasteiger partial charge on any atom is -0.247 e. The zero-order chi connectivity index (χ0) is 16.5. The molecule has 118 valence electrons. The second-order valence-corrected chi connectivity index (χ2v) is 4.45. The van der Waals surface area contributed by atoms with Crippen molar-refractivity contribution in [2.24, 2.45) is 17.1 Å². The summed E-state index contributed by atoms with van der Waals surface area (Å²) in [5, 5.41) is 3.00. The lowest BCUT2D eigenvalue weighted by molar-refractivity contribution is 0.470. The Labute approximate surface area is 124 Å². The topological polar surface area (TPSA) is 125 Å². The number of nitrogens with zero attached hydrogens (tertiary/aromatic N) is 5. The molecule has 0 aliphatic heterocycles. The monoisotopic (exact) mass is 309 g/mol. The van der Waals surface area contributed by atoms with Crippen molar-refractivity contribution < 1.29 is 9.59 Å². The van der Waals surface area contributed by atoms with E-state index in [0.717, 1.165) is 17.1 Å². The number of aromatic nitrogens is 3. The SMILES string of the molecule is Cn1c(=O)n(CCCCCCN=C=O)c(=O)n(N=C=O)c1=O. The van der Waals surface area contributed by atoms with Crippen LogP contribution in [0.5, 0.6) is 0 Å². The lowest BCUT2D eigenvalue weighted by Crippen LogP contribution is -2.52. The van der Waals surface area contributed by atoms with Gasteiger partial charge in [-0.1, -0.05) is 17.9 Å². The van der Waals surface area contributed by atoms with Gasteiger partial charge in [-0.05, 0) is 12.8 Å². The van der Waals surface area contributed by atoms with Crippen LogP contribution in [0.2, 0.25) is 0 Å². The van der Waals surface area contributed by atoms with Gasteiger partial charge in [0.15, 0.2) is 0 Å². The van der Waals surface area contributed by atoms with Crippen LogP contribution in [0.4, 0.5) is 0 Å². The van der Waals surface area contributed by atoms with Crippen molar-refractivity contribution in [1.82, 2.24) is 13.8 Å². The third kappa shape index (κ3) is 4.08. The molecule has 0 aliphatic rings. The molecule has 0 N–H and O–H groups in total. The molecule has 0 bridgehead atoms. The second-order valence-electron chi connectivity index (χ2n) is 4.45. The molecule has 0 aliphatic carbocycles. The van der Waals surface area contributed by atoms with Crippen molar-refractivity contribution >= 4 is 12.2 Å². The Morgan fingerprint density at radius 3 is 2.23 bits per heavy atom. The zero-order valence-electron chi connectivity index (χ0n) is 12.0. The number of carbonyl (C=O) groups excluding carboxylic acids is 2. The molecule has 10 nitrogen and oxygen atoms in total. The molecule has 0 aromatic carbocycles. The van der Waals surface area contributed by atoms with E-state index in [2.05, 4.69) is 10.1 Å². The summed E-state index contributed by atoms with van der Waals surface area (Å²) in [7, 11) is 1.19. The van der Waals surface area contributed by atoms with Crippen molar-refractivity contribution in [2.45, 2.75) is 32.2 Å². The first-order chi connectivity index (χ1) is 10.5. The van der Waals surface area contributed by atoms with Gasteiger partial charge >= 0.3 is 17.1 Å². The Morgan fingerprint density at radius 1 is 0.909 bits per heavy atom. The van der Waals surface area contributed by atoms with Crippen LogP contribution >= 0.6 is 0 Å². The van der Waals surface area contributed by atoms with E-state index >= 15 is 0 Å². The highest BCUT2D eigenvalue weighted by atomic mass is 16.2. The molecule has 0 saturated carbocycles. The van der Waals surface area contributed by atoms with Gasteiger partial charge in [-0.2, -0.15) is 0 Å². The van der Waals surface area contributed by atoms with Crippen LogP contribution in [0.25, 0.3) is 0 Å². The number of isocyanates is 2. The molecule has 1 aromatic rings. The second kappa shape index (κ2) is 8.46. The Bertz CT molecular complexity index is 790. The van der Waals surface area contributed by atoms with Crippen molar-refractivity contribution in [3.63, 3.8) is 0 Å². The summed E-state index contributed by atoms with van der Waals surface area (Å²) in [6.45, 7) is 0.487. The molecule has 1 rings (SSSR count). The summed E-state index contributed by atoms with van der Waals surface area (Å²) in [6.07, 6.45) is 5.24. The minimum absolute atomic E-state index is 0.0944. The van der Waals surface area contributed by atoms with E-state index in [-0.39, 0.29) is 6.54 Å².